The van der Waals surface area contributed by atoms with Gasteiger partial charge in [0.15, 0.2) is 0 Å². The lowest BCUT2D eigenvalue weighted by Gasteiger charge is -2.31. The number of carbonyl (C=O) groups excluding carboxylic acids is 1. The minimum atomic E-state index is -0.672. The number of aryl methyl sites for hydroxylation is 1. The van der Waals surface area contributed by atoms with Gasteiger partial charge in [0.1, 0.15) is 6.61 Å². The Kier molecular flexibility index (Phi) is 9.44. The van der Waals surface area contributed by atoms with Gasteiger partial charge in [-0.3, -0.25) is 4.79 Å². The van der Waals surface area contributed by atoms with Crippen molar-refractivity contribution < 1.29 is 14.6 Å². The molecule has 4 heteroatoms. The molecular weight excluding hydrogens is 392 g/mol. The van der Waals surface area contributed by atoms with Gasteiger partial charge in [-0.25, -0.2) is 0 Å². The first kappa shape index (κ1) is 24.5. The molecule has 0 fully saturated rings. The maximum absolute atomic E-state index is 13.3. The summed E-state index contributed by atoms with van der Waals surface area (Å²) in [5.41, 5.74) is 2.67. The molecule has 0 radical (unpaired) electrons. The Morgan fingerprint density at radius 2 is 1.77 bits per heavy atom. The third-order valence-electron chi connectivity index (χ3n) is 5.58. The van der Waals surface area contributed by atoms with Crippen LogP contribution in [0.4, 0.5) is 0 Å². The fourth-order valence-electron chi connectivity index (χ4n) is 3.64. The van der Waals surface area contributed by atoms with E-state index in [4.69, 9.17) is 9.84 Å². The predicted molar refractivity (Wildman–Crippen MR) is 127 cm³/mol. The zero-order valence-corrected chi connectivity index (χ0v) is 19.6. The largest absolute Gasteiger partial charge is 0.460 e. The highest BCUT2D eigenvalue weighted by atomic mass is 32.2. The van der Waals surface area contributed by atoms with Crippen molar-refractivity contribution in [1.82, 2.24) is 0 Å². The van der Waals surface area contributed by atoms with Crippen LogP contribution in [0.5, 0.6) is 0 Å². The number of benzene rings is 2. The summed E-state index contributed by atoms with van der Waals surface area (Å²) in [6, 6.07) is 18.0. The molecule has 2 aromatic rings. The summed E-state index contributed by atoms with van der Waals surface area (Å²) in [5.74, 6) is 1.62. The number of aliphatic hydroxyl groups excluding tert-OH is 1. The normalized spacial score (nSPS) is 13.6. The average molecular weight is 429 g/mol. The van der Waals surface area contributed by atoms with Crippen LogP contribution in [0.2, 0.25) is 0 Å². The number of rotatable bonds is 12. The van der Waals surface area contributed by atoms with Crippen molar-refractivity contribution in [1.29, 1.82) is 0 Å². The summed E-state index contributed by atoms with van der Waals surface area (Å²) in [4.78, 5) is 13.3. The Balaban J connectivity index is 2.08. The summed E-state index contributed by atoms with van der Waals surface area (Å²) in [6.07, 6.45) is 2.72. The number of ether oxygens (including phenoxy) is 1. The Labute approximate surface area is 186 Å². The lowest BCUT2D eigenvalue weighted by atomic mass is 9.76. The van der Waals surface area contributed by atoms with Crippen molar-refractivity contribution >= 4 is 17.7 Å². The zero-order valence-electron chi connectivity index (χ0n) is 18.8. The van der Waals surface area contributed by atoms with Crippen LogP contribution in [0.1, 0.15) is 56.7 Å². The van der Waals surface area contributed by atoms with Crippen LogP contribution in [0.3, 0.4) is 0 Å². The molecule has 0 amide bonds. The Morgan fingerprint density at radius 3 is 2.43 bits per heavy atom. The molecule has 0 saturated carbocycles. The molecule has 0 bridgehead atoms. The number of hydrogen-bond donors (Lipinski definition) is 1. The van der Waals surface area contributed by atoms with Crippen LogP contribution >= 0.6 is 11.8 Å². The van der Waals surface area contributed by atoms with Gasteiger partial charge in [-0.05, 0) is 49.0 Å². The first-order valence-corrected chi connectivity index (χ1v) is 11.9. The van der Waals surface area contributed by atoms with E-state index >= 15 is 0 Å². The monoisotopic (exact) mass is 428 g/mol. The molecule has 1 unspecified atom stereocenters. The number of esters is 1. The van der Waals surface area contributed by atoms with Gasteiger partial charge in [-0.1, -0.05) is 80.4 Å². The molecule has 0 aliphatic rings. The van der Waals surface area contributed by atoms with Crippen LogP contribution in [0, 0.1) is 12.3 Å². The summed E-state index contributed by atoms with van der Waals surface area (Å²) in [7, 11) is 0. The highest BCUT2D eigenvalue weighted by Crippen LogP contribution is 2.35. The average Bonchev–Trinajstić information content (AvgIpc) is 2.72. The molecule has 1 N–H and O–H groups in total. The van der Waals surface area contributed by atoms with Crippen molar-refractivity contribution in [3.63, 3.8) is 0 Å². The van der Waals surface area contributed by atoms with Crippen molar-refractivity contribution in [3.05, 3.63) is 71.3 Å². The van der Waals surface area contributed by atoms with E-state index in [9.17, 15) is 4.79 Å². The Bertz CT molecular complexity index is 788. The molecule has 0 spiro atoms. The molecule has 0 aliphatic carbocycles. The van der Waals surface area contributed by atoms with E-state index in [1.165, 1.54) is 0 Å². The lowest BCUT2D eigenvalue weighted by Crippen LogP contribution is -2.35. The molecule has 164 valence electrons. The second-order valence-electron chi connectivity index (χ2n) is 9.06. The van der Waals surface area contributed by atoms with E-state index in [0.29, 0.717) is 6.61 Å². The maximum Gasteiger partial charge on any atom is 0.316 e. The van der Waals surface area contributed by atoms with Crippen LogP contribution in [-0.4, -0.2) is 29.2 Å². The van der Waals surface area contributed by atoms with E-state index < -0.39 is 5.41 Å². The van der Waals surface area contributed by atoms with Gasteiger partial charge in [-0.2, -0.15) is 11.8 Å². The summed E-state index contributed by atoms with van der Waals surface area (Å²) < 4.78 is 5.78. The third kappa shape index (κ3) is 7.48. The van der Waals surface area contributed by atoms with Gasteiger partial charge in [0.05, 0.1) is 12.0 Å². The zero-order chi connectivity index (χ0) is 22.0. The van der Waals surface area contributed by atoms with Crippen LogP contribution < -0.4 is 0 Å². The fourth-order valence-corrected chi connectivity index (χ4v) is 4.61. The molecule has 0 saturated heterocycles. The lowest BCUT2D eigenvalue weighted by molar-refractivity contribution is -0.151. The molecule has 0 heterocycles. The minimum Gasteiger partial charge on any atom is -0.460 e. The second-order valence-corrected chi connectivity index (χ2v) is 10.2. The number of carbonyl (C=O) groups is 1. The second kappa shape index (κ2) is 11.6. The molecule has 0 aromatic heterocycles. The summed E-state index contributed by atoms with van der Waals surface area (Å²) in [6.45, 7) is 9.11. The Morgan fingerprint density at radius 1 is 1.03 bits per heavy atom. The summed E-state index contributed by atoms with van der Waals surface area (Å²) >= 11 is 1.79. The van der Waals surface area contributed by atoms with E-state index in [-0.39, 0.29) is 18.0 Å². The van der Waals surface area contributed by atoms with Crippen molar-refractivity contribution in [3.8, 4) is 0 Å². The van der Waals surface area contributed by atoms with Crippen LogP contribution in [0.25, 0.3) is 0 Å². The van der Waals surface area contributed by atoms with E-state index in [1.807, 2.05) is 49.4 Å². The minimum absolute atomic E-state index is 0.163. The van der Waals surface area contributed by atoms with Crippen molar-refractivity contribution in [2.45, 2.75) is 59.0 Å². The van der Waals surface area contributed by atoms with Gasteiger partial charge in [-0.15, -0.1) is 0 Å². The predicted octanol–water partition coefficient (Wildman–Crippen LogP) is 5.92. The molecule has 3 nitrogen and oxygen atoms in total. The van der Waals surface area contributed by atoms with Gasteiger partial charge in [0, 0.05) is 5.75 Å². The standard InChI is InChI=1S/C26H36O3S/c1-21-10-8-13-23(18-21)26(4,15-9-14-25(2,3)20-30-17-16-27)24(28)29-19-22-11-6-5-7-12-22/h5-8,10-13,18,27H,9,14-17,19-20H2,1-4H3. The molecule has 2 aromatic carbocycles. The summed E-state index contributed by atoms with van der Waals surface area (Å²) in [5, 5.41) is 9.02. The smallest absolute Gasteiger partial charge is 0.316 e. The van der Waals surface area contributed by atoms with E-state index in [1.54, 1.807) is 11.8 Å². The molecule has 0 aliphatic heterocycles. The van der Waals surface area contributed by atoms with Gasteiger partial charge >= 0.3 is 5.97 Å². The van der Waals surface area contributed by atoms with Crippen molar-refractivity contribution in [2.24, 2.45) is 5.41 Å². The quantitative estimate of drug-likeness (QED) is 0.337. The topological polar surface area (TPSA) is 46.5 Å². The molecular formula is C26H36O3S. The first-order chi connectivity index (χ1) is 14.3. The number of hydrogen-bond acceptors (Lipinski definition) is 4. The number of thioether (sulfide) groups is 1. The molecule has 1 atom stereocenters. The molecule has 30 heavy (non-hydrogen) atoms. The Hall–Kier alpha value is -1.78. The SMILES string of the molecule is Cc1cccc(C(C)(CCCC(C)(C)CSCCO)C(=O)OCc2ccccc2)c1. The maximum atomic E-state index is 13.3. The van der Waals surface area contributed by atoms with Crippen LogP contribution in [-0.2, 0) is 21.6 Å². The highest BCUT2D eigenvalue weighted by molar-refractivity contribution is 7.99. The fraction of sp³-hybridized carbons (Fsp3) is 0.500. The van der Waals surface area contributed by atoms with Crippen LogP contribution in [0.15, 0.2) is 54.6 Å². The number of aliphatic hydroxyl groups is 1. The van der Waals surface area contributed by atoms with E-state index in [0.717, 1.165) is 47.5 Å². The third-order valence-corrected chi connectivity index (χ3v) is 7.03. The highest BCUT2D eigenvalue weighted by Gasteiger charge is 2.37. The van der Waals surface area contributed by atoms with Gasteiger partial charge in [0.25, 0.3) is 0 Å². The van der Waals surface area contributed by atoms with E-state index in [2.05, 4.69) is 32.9 Å². The van der Waals surface area contributed by atoms with Crippen molar-refractivity contribution in [2.75, 3.05) is 18.1 Å². The first-order valence-electron chi connectivity index (χ1n) is 10.7. The van der Waals surface area contributed by atoms with Gasteiger partial charge in [0.2, 0.25) is 0 Å². The van der Waals surface area contributed by atoms with Gasteiger partial charge < -0.3 is 9.84 Å². The molecule has 2 rings (SSSR count).